The van der Waals surface area contributed by atoms with Crippen molar-refractivity contribution < 1.29 is 17.6 Å². The SMILES string of the molecule is Cc1ccc(C(CNC(=O)CS(=O)(=O)CCCc2ccccc2)N2CCCC2)o1. The van der Waals surface area contributed by atoms with E-state index < -0.39 is 21.5 Å². The molecule has 1 saturated heterocycles. The number of nitrogens with zero attached hydrogens (tertiary/aromatic N) is 1. The average Bonchev–Trinajstić information content (AvgIpc) is 3.35. The maximum absolute atomic E-state index is 12.3. The van der Waals surface area contributed by atoms with Crippen LogP contribution in [0.3, 0.4) is 0 Å². The topological polar surface area (TPSA) is 79.6 Å². The molecule has 3 rings (SSSR count). The molecule has 1 atom stereocenters. The fraction of sp³-hybridized carbons (Fsp3) is 0.500. The van der Waals surface area contributed by atoms with Crippen molar-refractivity contribution in [1.82, 2.24) is 10.2 Å². The number of rotatable bonds is 10. The van der Waals surface area contributed by atoms with Gasteiger partial charge < -0.3 is 9.73 Å². The lowest BCUT2D eigenvalue weighted by Gasteiger charge is -2.26. The van der Waals surface area contributed by atoms with Crippen LogP contribution < -0.4 is 5.32 Å². The fourth-order valence-electron chi connectivity index (χ4n) is 3.77. The third kappa shape index (κ3) is 6.72. The van der Waals surface area contributed by atoms with E-state index in [2.05, 4.69) is 10.2 Å². The zero-order valence-electron chi connectivity index (χ0n) is 17.0. The molecule has 1 unspecified atom stereocenters. The molecule has 29 heavy (non-hydrogen) atoms. The van der Waals surface area contributed by atoms with Gasteiger partial charge in [0.1, 0.15) is 17.3 Å². The number of furan rings is 1. The van der Waals surface area contributed by atoms with E-state index in [0.717, 1.165) is 43.0 Å². The second kappa shape index (κ2) is 10.1. The fourth-order valence-corrected chi connectivity index (χ4v) is 5.00. The maximum atomic E-state index is 12.3. The van der Waals surface area contributed by atoms with E-state index in [1.807, 2.05) is 49.4 Å². The molecule has 1 aliphatic heterocycles. The van der Waals surface area contributed by atoms with Gasteiger partial charge in [0.25, 0.3) is 0 Å². The summed E-state index contributed by atoms with van der Waals surface area (Å²) in [5.41, 5.74) is 1.11. The van der Waals surface area contributed by atoms with Gasteiger partial charge in [-0.05, 0) is 63.4 Å². The molecule has 1 aliphatic rings. The molecule has 0 bridgehead atoms. The summed E-state index contributed by atoms with van der Waals surface area (Å²) in [6.07, 6.45) is 3.46. The minimum Gasteiger partial charge on any atom is -0.465 e. The van der Waals surface area contributed by atoms with Crippen molar-refractivity contribution in [2.75, 3.05) is 31.1 Å². The number of carbonyl (C=O) groups excluding carboxylic acids is 1. The van der Waals surface area contributed by atoms with Gasteiger partial charge in [0.05, 0.1) is 11.8 Å². The van der Waals surface area contributed by atoms with Crippen LogP contribution in [0.15, 0.2) is 46.9 Å². The number of hydrogen-bond acceptors (Lipinski definition) is 5. The van der Waals surface area contributed by atoms with Crippen molar-refractivity contribution in [3.63, 3.8) is 0 Å². The molecule has 1 aromatic carbocycles. The Morgan fingerprint density at radius 1 is 1.14 bits per heavy atom. The summed E-state index contributed by atoms with van der Waals surface area (Å²) in [7, 11) is -3.43. The Kier molecular flexibility index (Phi) is 7.50. The Hall–Kier alpha value is -2.12. The third-order valence-electron chi connectivity index (χ3n) is 5.28. The first-order valence-electron chi connectivity index (χ1n) is 10.2. The predicted molar refractivity (Wildman–Crippen MR) is 113 cm³/mol. The third-order valence-corrected chi connectivity index (χ3v) is 6.89. The molecule has 2 aromatic rings. The second-order valence-electron chi connectivity index (χ2n) is 7.69. The van der Waals surface area contributed by atoms with Gasteiger partial charge in [-0.2, -0.15) is 0 Å². The molecule has 1 fully saturated rings. The van der Waals surface area contributed by atoms with E-state index in [1.165, 1.54) is 0 Å². The lowest BCUT2D eigenvalue weighted by atomic mass is 10.1. The Labute approximate surface area is 173 Å². The molecule has 1 aromatic heterocycles. The van der Waals surface area contributed by atoms with E-state index in [1.54, 1.807) is 0 Å². The zero-order chi connectivity index (χ0) is 20.7. The van der Waals surface area contributed by atoms with Crippen molar-refractivity contribution in [2.45, 2.75) is 38.6 Å². The summed E-state index contributed by atoms with van der Waals surface area (Å²) in [4.78, 5) is 14.6. The first-order valence-corrected chi connectivity index (χ1v) is 12.1. The first-order chi connectivity index (χ1) is 13.9. The normalized spacial score (nSPS) is 16.0. The maximum Gasteiger partial charge on any atom is 0.235 e. The van der Waals surface area contributed by atoms with Crippen molar-refractivity contribution in [1.29, 1.82) is 0 Å². The van der Waals surface area contributed by atoms with Crippen molar-refractivity contribution >= 4 is 15.7 Å². The molecule has 2 heterocycles. The standard InChI is InChI=1S/C22H30N2O4S/c1-18-11-12-21(28-18)20(24-13-5-6-14-24)16-23-22(25)17-29(26,27)15-7-10-19-8-3-2-4-9-19/h2-4,8-9,11-12,20H,5-7,10,13-17H2,1H3,(H,23,25). The van der Waals surface area contributed by atoms with Gasteiger partial charge in [0.2, 0.25) is 5.91 Å². The van der Waals surface area contributed by atoms with Crippen molar-refractivity contribution in [3.05, 3.63) is 59.5 Å². The van der Waals surface area contributed by atoms with Gasteiger partial charge in [-0.3, -0.25) is 9.69 Å². The highest BCUT2D eigenvalue weighted by atomic mass is 32.2. The van der Waals surface area contributed by atoms with E-state index in [0.29, 0.717) is 19.4 Å². The van der Waals surface area contributed by atoms with Gasteiger partial charge >= 0.3 is 0 Å². The number of nitrogens with one attached hydrogen (secondary N) is 1. The largest absolute Gasteiger partial charge is 0.465 e. The van der Waals surface area contributed by atoms with Gasteiger partial charge in [-0.1, -0.05) is 30.3 Å². The summed E-state index contributed by atoms with van der Waals surface area (Å²) < 4.78 is 30.4. The summed E-state index contributed by atoms with van der Waals surface area (Å²) in [6.45, 7) is 4.16. The Balaban J connectivity index is 1.49. The number of carbonyl (C=O) groups is 1. The molecule has 0 aliphatic carbocycles. The molecule has 7 heteroatoms. The zero-order valence-corrected chi connectivity index (χ0v) is 17.8. The molecule has 1 amide bonds. The molecular weight excluding hydrogens is 388 g/mol. The highest BCUT2D eigenvalue weighted by Gasteiger charge is 2.27. The highest BCUT2D eigenvalue weighted by molar-refractivity contribution is 7.92. The van der Waals surface area contributed by atoms with Crippen molar-refractivity contribution in [3.8, 4) is 0 Å². The lowest BCUT2D eigenvalue weighted by Crippen LogP contribution is -2.39. The molecule has 0 spiro atoms. The predicted octanol–water partition coefficient (Wildman–Crippen LogP) is 2.89. The molecule has 6 nitrogen and oxygen atoms in total. The molecule has 0 radical (unpaired) electrons. The minimum absolute atomic E-state index is 0.0161. The minimum atomic E-state index is -3.43. The van der Waals surface area contributed by atoms with Crippen LogP contribution in [-0.4, -0.2) is 50.4 Å². The van der Waals surface area contributed by atoms with Crippen LogP contribution in [0.25, 0.3) is 0 Å². The number of benzene rings is 1. The van der Waals surface area contributed by atoms with Gasteiger partial charge in [0.15, 0.2) is 9.84 Å². The Morgan fingerprint density at radius 3 is 2.52 bits per heavy atom. The van der Waals surface area contributed by atoms with E-state index in [9.17, 15) is 13.2 Å². The molecular formula is C22H30N2O4S. The van der Waals surface area contributed by atoms with Crippen LogP contribution >= 0.6 is 0 Å². The number of amides is 1. The van der Waals surface area contributed by atoms with Crippen LogP contribution in [0.1, 0.15) is 42.4 Å². The van der Waals surface area contributed by atoms with E-state index in [4.69, 9.17) is 4.42 Å². The van der Waals surface area contributed by atoms with Gasteiger partial charge in [-0.25, -0.2) is 8.42 Å². The smallest absolute Gasteiger partial charge is 0.235 e. The summed E-state index contributed by atoms with van der Waals surface area (Å²) >= 11 is 0. The first kappa shape index (κ1) is 21.6. The summed E-state index contributed by atoms with van der Waals surface area (Å²) in [6, 6.07) is 13.6. The molecule has 0 saturated carbocycles. The lowest BCUT2D eigenvalue weighted by molar-refractivity contribution is -0.118. The quantitative estimate of drug-likeness (QED) is 0.642. The highest BCUT2D eigenvalue weighted by Crippen LogP contribution is 2.26. The molecule has 158 valence electrons. The summed E-state index contributed by atoms with van der Waals surface area (Å²) in [5.74, 6) is 0.748. The molecule has 1 N–H and O–H groups in total. The Morgan fingerprint density at radius 2 is 1.86 bits per heavy atom. The van der Waals surface area contributed by atoms with Gasteiger partial charge in [-0.15, -0.1) is 0 Å². The van der Waals surface area contributed by atoms with Crippen LogP contribution in [0.4, 0.5) is 0 Å². The van der Waals surface area contributed by atoms with Crippen LogP contribution in [0.2, 0.25) is 0 Å². The second-order valence-corrected chi connectivity index (χ2v) is 9.88. The monoisotopic (exact) mass is 418 g/mol. The average molecular weight is 419 g/mol. The van der Waals surface area contributed by atoms with E-state index in [-0.39, 0.29) is 11.8 Å². The van der Waals surface area contributed by atoms with Crippen molar-refractivity contribution in [2.24, 2.45) is 0 Å². The van der Waals surface area contributed by atoms with Gasteiger partial charge in [0, 0.05) is 6.54 Å². The van der Waals surface area contributed by atoms with E-state index >= 15 is 0 Å². The van der Waals surface area contributed by atoms with Crippen LogP contribution in [0.5, 0.6) is 0 Å². The Bertz CT molecular complexity index is 887. The van der Waals surface area contributed by atoms with Crippen LogP contribution in [-0.2, 0) is 21.1 Å². The number of aryl methyl sites for hydroxylation is 2. The number of hydrogen-bond donors (Lipinski definition) is 1. The number of sulfone groups is 1. The van der Waals surface area contributed by atoms with Crippen LogP contribution in [0, 0.1) is 6.92 Å². The summed E-state index contributed by atoms with van der Waals surface area (Å²) in [5, 5.41) is 2.81. The number of likely N-dealkylation sites (tertiary alicyclic amines) is 1.